The zero-order chi connectivity index (χ0) is 8.48. The van der Waals surface area contributed by atoms with Crippen LogP contribution in [-0.2, 0) is 10.0 Å². The van der Waals surface area contributed by atoms with E-state index in [1.807, 2.05) is 0 Å². The molecule has 0 bridgehead atoms. The molecule has 15 heavy (non-hydrogen) atoms. The van der Waals surface area contributed by atoms with E-state index in [4.69, 9.17) is 5.14 Å². The van der Waals surface area contributed by atoms with Gasteiger partial charge in [0, 0.05) is 29.6 Å². The maximum absolute atomic E-state index is 10.8. The second-order valence-corrected chi connectivity index (χ2v) is 3.84. The number of hydrogen-bond donors (Lipinski definition) is 1. The van der Waals surface area contributed by atoms with Gasteiger partial charge in [0.2, 0.25) is 10.0 Å². The van der Waals surface area contributed by atoms with E-state index in [0.717, 1.165) is 0 Å². The number of sulfonamides is 1. The Balaban J connectivity index is -0.000000151. The Bertz CT molecular complexity index is 367. The average molecular weight is 248 g/mol. The van der Waals surface area contributed by atoms with Crippen LogP contribution in [0.15, 0.2) is 29.2 Å². The van der Waals surface area contributed by atoms with Crippen molar-refractivity contribution in [3.63, 3.8) is 0 Å². The predicted molar refractivity (Wildman–Crippen MR) is 59.1 cm³/mol. The van der Waals surface area contributed by atoms with Gasteiger partial charge in [-0.15, -0.1) is 0 Å². The minimum absolute atomic E-state index is 0. The molecule has 0 amide bonds. The van der Waals surface area contributed by atoms with E-state index in [-0.39, 0.29) is 50.9 Å². The van der Waals surface area contributed by atoms with Gasteiger partial charge >= 0.3 is 0 Å². The topological polar surface area (TPSA) is 155 Å². The van der Waals surface area contributed by atoms with Crippen LogP contribution in [0.25, 0.3) is 0 Å². The summed E-state index contributed by atoms with van der Waals surface area (Å²) in [6, 6.07) is 6.61. The number of primary sulfonamides is 1. The van der Waals surface area contributed by atoms with Crippen LogP contribution in [0, 0.1) is 6.92 Å². The van der Waals surface area contributed by atoms with E-state index >= 15 is 0 Å². The summed E-state index contributed by atoms with van der Waals surface area (Å²) in [7, 11) is -3.53. The summed E-state index contributed by atoms with van der Waals surface area (Å²) in [5.74, 6) is 0. The average Bonchev–Trinajstić information content (AvgIpc) is 1.86. The number of hydrogen-bond acceptors (Lipinski definition) is 2. The third kappa shape index (κ3) is 6.98. The standard InChI is InChI=1S/C7H9NO2S.Na.3H2O/c1-6-4-2-3-5-7(6)11(8,9)10;;;;/h2-5H,1H3,(H2,8,9,10);;3*1H2. The van der Waals surface area contributed by atoms with Crippen LogP contribution in [0.3, 0.4) is 0 Å². The van der Waals surface area contributed by atoms with E-state index < -0.39 is 10.0 Å². The van der Waals surface area contributed by atoms with Crippen molar-refractivity contribution in [2.75, 3.05) is 0 Å². The number of nitrogens with two attached hydrogens (primary N) is 1. The van der Waals surface area contributed by atoms with Gasteiger partial charge in [0.05, 0.1) is 4.90 Å². The molecule has 1 aromatic carbocycles. The first kappa shape index (κ1) is 24.3. The third-order valence-electron chi connectivity index (χ3n) is 1.40. The zero-order valence-corrected chi connectivity index (χ0v) is 11.4. The van der Waals surface area contributed by atoms with Crippen molar-refractivity contribution in [1.29, 1.82) is 0 Å². The molecule has 0 saturated heterocycles. The monoisotopic (exact) mass is 248 g/mol. The van der Waals surface area contributed by atoms with Crippen molar-refractivity contribution in [2.45, 2.75) is 11.8 Å². The van der Waals surface area contributed by atoms with Gasteiger partial charge in [-0.1, -0.05) is 18.2 Å². The fourth-order valence-electron chi connectivity index (χ4n) is 0.876. The molecule has 0 aliphatic heterocycles. The van der Waals surface area contributed by atoms with Gasteiger partial charge in [0.25, 0.3) is 0 Å². The van der Waals surface area contributed by atoms with E-state index in [9.17, 15) is 8.42 Å². The van der Waals surface area contributed by atoms with Crippen LogP contribution in [-0.4, -0.2) is 54.4 Å². The van der Waals surface area contributed by atoms with Crippen LogP contribution < -0.4 is 5.14 Å². The van der Waals surface area contributed by atoms with Crippen molar-refractivity contribution >= 4 is 39.6 Å². The first-order chi connectivity index (χ1) is 5.02. The summed E-state index contributed by atoms with van der Waals surface area (Å²) in [4.78, 5) is 0.194. The van der Waals surface area contributed by atoms with Gasteiger partial charge in [-0.05, 0) is 18.6 Å². The summed E-state index contributed by atoms with van der Waals surface area (Å²) in [6.45, 7) is 1.71. The van der Waals surface area contributed by atoms with Gasteiger partial charge in [0.1, 0.15) is 0 Å². The van der Waals surface area contributed by atoms with Gasteiger partial charge < -0.3 is 16.4 Å². The Morgan fingerprint density at radius 3 is 1.73 bits per heavy atom. The molecule has 0 atom stereocenters. The second kappa shape index (κ2) is 9.25. The van der Waals surface area contributed by atoms with Gasteiger partial charge in [0.15, 0.2) is 0 Å². The van der Waals surface area contributed by atoms with Crippen LogP contribution >= 0.6 is 0 Å². The maximum Gasteiger partial charge on any atom is 0.238 e. The molecular formula is C7H15NNaO5S. The summed E-state index contributed by atoms with van der Waals surface area (Å²) < 4.78 is 21.7. The molecule has 0 spiro atoms. The number of rotatable bonds is 1. The van der Waals surface area contributed by atoms with Gasteiger partial charge in [-0.25, -0.2) is 13.6 Å². The zero-order valence-electron chi connectivity index (χ0n) is 8.61. The molecule has 1 radical (unpaired) electrons. The Kier molecular flexibility index (Phi) is 15.0. The molecular weight excluding hydrogens is 233 g/mol. The normalized spacial score (nSPS) is 8.40. The van der Waals surface area contributed by atoms with E-state index in [1.54, 1.807) is 25.1 Å². The molecule has 8 N–H and O–H groups in total. The Morgan fingerprint density at radius 1 is 1.07 bits per heavy atom. The molecule has 85 valence electrons. The summed E-state index contributed by atoms with van der Waals surface area (Å²) in [5.41, 5.74) is 0.676. The molecule has 1 aromatic rings. The first-order valence-corrected chi connectivity index (χ1v) is 4.65. The maximum atomic E-state index is 10.8. The Hall–Kier alpha value is 0.01000. The molecule has 0 aliphatic rings. The van der Waals surface area contributed by atoms with Crippen molar-refractivity contribution in [3.8, 4) is 0 Å². The summed E-state index contributed by atoms with van der Waals surface area (Å²) in [5, 5.41) is 4.93. The van der Waals surface area contributed by atoms with Gasteiger partial charge in [-0.3, -0.25) is 0 Å². The largest absolute Gasteiger partial charge is 0.412 e. The molecule has 0 aliphatic carbocycles. The minimum atomic E-state index is -3.53. The fraction of sp³-hybridized carbons (Fsp3) is 0.143. The minimum Gasteiger partial charge on any atom is -0.412 e. The summed E-state index contributed by atoms with van der Waals surface area (Å²) >= 11 is 0. The van der Waals surface area contributed by atoms with Crippen LogP contribution in [0.1, 0.15) is 5.56 Å². The Morgan fingerprint density at radius 2 is 1.47 bits per heavy atom. The molecule has 0 saturated carbocycles. The molecule has 6 nitrogen and oxygen atoms in total. The van der Waals surface area contributed by atoms with Crippen molar-refractivity contribution in [3.05, 3.63) is 29.8 Å². The SMILES string of the molecule is Cc1ccccc1S(N)(=O)=O.O.O.O.[Na]. The molecule has 8 heteroatoms. The number of aryl methyl sites for hydroxylation is 1. The van der Waals surface area contributed by atoms with Crippen molar-refractivity contribution in [1.82, 2.24) is 0 Å². The number of benzene rings is 1. The van der Waals surface area contributed by atoms with Crippen LogP contribution in [0.2, 0.25) is 0 Å². The van der Waals surface area contributed by atoms with Crippen molar-refractivity contribution < 1.29 is 24.8 Å². The molecule has 0 fully saturated rings. The van der Waals surface area contributed by atoms with Crippen molar-refractivity contribution in [2.24, 2.45) is 5.14 Å². The Labute approximate surface area is 111 Å². The molecule has 0 unspecified atom stereocenters. The predicted octanol–water partition coefficient (Wildman–Crippen LogP) is -2.21. The van der Waals surface area contributed by atoms with E-state index in [1.165, 1.54) is 6.07 Å². The second-order valence-electron chi connectivity index (χ2n) is 2.31. The third-order valence-corrected chi connectivity index (χ3v) is 2.47. The smallest absolute Gasteiger partial charge is 0.238 e. The molecule has 0 heterocycles. The van der Waals surface area contributed by atoms with Gasteiger partial charge in [-0.2, -0.15) is 0 Å². The van der Waals surface area contributed by atoms with Crippen LogP contribution in [0.5, 0.6) is 0 Å². The first-order valence-electron chi connectivity index (χ1n) is 3.10. The molecule has 0 aromatic heterocycles. The van der Waals surface area contributed by atoms with E-state index in [0.29, 0.717) is 5.56 Å². The summed E-state index contributed by atoms with van der Waals surface area (Å²) in [6.07, 6.45) is 0. The fourth-order valence-corrected chi connectivity index (χ4v) is 1.66. The van der Waals surface area contributed by atoms with E-state index in [2.05, 4.69) is 0 Å². The quantitative estimate of drug-likeness (QED) is 0.559. The molecule has 1 rings (SSSR count). The van der Waals surface area contributed by atoms with Crippen LogP contribution in [0.4, 0.5) is 0 Å².